The fourth-order valence-corrected chi connectivity index (χ4v) is 1.64. The highest BCUT2D eigenvalue weighted by Crippen LogP contribution is 2.08. The zero-order valence-electron chi connectivity index (χ0n) is 6.95. The molecule has 82 valence electrons. The van der Waals surface area contributed by atoms with Crippen molar-refractivity contribution in [2.75, 3.05) is 0 Å². The second-order valence-electron chi connectivity index (χ2n) is 2.59. The van der Waals surface area contributed by atoms with Crippen LogP contribution in [0.25, 0.3) is 0 Å². The maximum atomic E-state index is 10.6. The number of hydrogen-bond donors (Lipinski definition) is 4. The molecule has 0 bridgehead atoms. The Labute approximate surface area is 79.6 Å². The Balaban J connectivity index is 4.92. The van der Waals surface area contributed by atoms with Gasteiger partial charge < -0.3 is 16.6 Å². The average molecular weight is 226 g/mol. The number of amides is 1. The van der Waals surface area contributed by atoms with Gasteiger partial charge in [0.05, 0.1) is 0 Å². The van der Waals surface area contributed by atoms with Gasteiger partial charge in [-0.05, 0) is 0 Å². The van der Waals surface area contributed by atoms with Gasteiger partial charge in [-0.15, -0.1) is 0 Å². The van der Waals surface area contributed by atoms with E-state index in [-0.39, 0.29) is 0 Å². The first kappa shape index (κ1) is 12.8. The molecule has 0 aromatic rings. The molecule has 9 heteroatoms. The third-order valence-electron chi connectivity index (χ3n) is 1.47. The number of rotatable bonds is 5. The largest absolute Gasteiger partial charge is 0.480 e. The Morgan fingerprint density at radius 1 is 1.36 bits per heavy atom. The van der Waals surface area contributed by atoms with Crippen molar-refractivity contribution in [1.82, 2.24) is 0 Å². The first-order valence-electron chi connectivity index (χ1n) is 3.39. The molecular formula is C5H10N2O6S. The summed E-state index contributed by atoms with van der Waals surface area (Å²) in [6.45, 7) is 0. The van der Waals surface area contributed by atoms with E-state index in [4.69, 9.17) is 15.4 Å². The second-order valence-corrected chi connectivity index (χ2v) is 4.22. The smallest absolute Gasteiger partial charge is 0.321 e. The lowest BCUT2D eigenvalue weighted by molar-refractivity contribution is -0.138. The Morgan fingerprint density at radius 2 is 1.79 bits per heavy atom. The van der Waals surface area contributed by atoms with E-state index in [0.717, 1.165) is 0 Å². The molecule has 0 aromatic carbocycles. The van der Waals surface area contributed by atoms with Crippen LogP contribution in [0.15, 0.2) is 0 Å². The molecule has 14 heavy (non-hydrogen) atoms. The summed E-state index contributed by atoms with van der Waals surface area (Å²) in [7, 11) is -4.71. The normalized spacial score (nSPS) is 15.9. The molecule has 1 amide bonds. The van der Waals surface area contributed by atoms with Gasteiger partial charge in [-0.2, -0.15) is 8.42 Å². The molecule has 0 heterocycles. The number of aliphatic carboxylic acids is 1. The van der Waals surface area contributed by atoms with Crippen LogP contribution in [0.5, 0.6) is 0 Å². The van der Waals surface area contributed by atoms with Gasteiger partial charge in [-0.25, -0.2) is 0 Å². The third kappa shape index (κ3) is 3.68. The fourth-order valence-electron chi connectivity index (χ4n) is 0.775. The molecule has 6 N–H and O–H groups in total. The van der Waals surface area contributed by atoms with Gasteiger partial charge >= 0.3 is 5.97 Å². The summed E-state index contributed by atoms with van der Waals surface area (Å²) in [6.07, 6.45) is -0.841. The van der Waals surface area contributed by atoms with Crippen LogP contribution in [-0.4, -0.2) is 41.2 Å². The van der Waals surface area contributed by atoms with E-state index in [2.05, 4.69) is 5.73 Å². The standard InChI is InChI=1S/C5H10N2O6S/c6-3(8)1-2(14(11,12)13)4(7)5(9)10/h2,4H,1,7H2,(H2,6,8)(H,9,10)(H,11,12,13)/t2-,4+/m1/s1. The molecule has 0 aliphatic heterocycles. The van der Waals surface area contributed by atoms with Crippen LogP contribution in [-0.2, 0) is 19.7 Å². The van der Waals surface area contributed by atoms with Crippen molar-refractivity contribution in [3.63, 3.8) is 0 Å². The minimum Gasteiger partial charge on any atom is -0.480 e. The van der Waals surface area contributed by atoms with E-state index in [0.29, 0.717) is 0 Å². The summed E-state index contributed by atoms with van der Waals surface area (Å²) in [5.41, 5.74) is 9.61. The van der Waals surface area contributed by atoms with Gasteiger partial charge in [0.2, 0.25) is 5.91 Å². The molecule has 8 nitrogen and oxygen atoms in total. The lowest BCUT2D eigenvalue weighted by Crippen LogP contribution is -2.47. The van der Waals surface area contributed by atoms with Gasteiger partial charge in [0, 0.05) is 6.42 Å². The Bertz CT molecular complexity index is 336. The third-order valence-corrected chi connectivity index (χ3v) is 2.70. The lowest BCUT2D eigenvalue weighted by atomic mass is 10.1. The number of hydrogen-bond acceptors (Lipinski definition) is 5. The van der Waals surface area contributed by atoms with Crippen molar-refractivity contribution >= 4 is 22.0 Å². The average Bonchev–Trinajstić information content (AvgIpc) is 1.96. The lowest BCUT2D eigenvalue weighted by Gasteiger charge is -2.15. The SMILES string of the molecule is NC(=O)C[C@H]([C@H](N)C(=O)O)S(=O)(=O)O. The summed E-state index contributed by atoms with van der Waals surface area (Å²) in [5, 5.41) is 6.46. The molecule has 0 unspecified atom stereocenters. The zero-order chi connectivity index (χ0) is 11.5. The minimum absolute atomic E-state index is 0.841. The van der Waals surface area contributed by atoms with Crippen LogP contribution >= 0.6 is 0 Å². The molecule has 0 aromatic heterocycles. The van der Waals surface area contributed by atoms with E-state index < -0.39 is 39.7 Å². The predicted molar refractivity (Wildman–Crippen MR) is 44.8 cm³/mol. The van der Waals surface area contributed by atoms with Crippen molar-refractivity contribution < 1.29 is 27.7 Å². The maximum Gasteiger partial charge on any atom is 0.321 e. The van der Waals surface area contributed by atoms with E-state index in [1.54, 1.807) is 0 Å². The van der Waals surface area contributed by atoms with E-state index >= 15 is 0 Å². The van der Waals surface area contributed by atoms with Crippen LogP contribution in [0.3, 0.4) is 0 Å². The van der Waals surface area contributed by atoms with Gasteiger partial charge in [0.25, 0.3) is 10.1 Å². The number of carboxylic acids is 1. The van der Waals surface area contributed by atoms with Gasteiger partial charge in [0.1, 0.15) is 11.3 Å². The monoisotopic (exact) mass is 226 g/mol. The number of nitrogens with two attached hydrogens (primary N) is 2. The van der Waals surface area contributed by atoms with Crippen LogP contribution in [0, 0.1) is 0 Å². The first-order valence-corrected chi connectivity index (χ1v) is 4.89. The van der Waals surface area contributed by atoms with Crippen molar-refractivity contribution in [3.05, 3.63) is 0 Å². The maximum absolute atomic E-state index is 10.6. The Hall–Kier alpha value is -1.19. The highest BCUT2D eigenvalue weighted by Gasteiger charge is 2.35. The molecule has 0 aliphatic carbocycles. The Kier molecular flexibility index (Phi) is 3.98. The van der Waals surface area contributed by atoms with Crippen molar-refractivity contribution in [3.8, 4) is 0 Å². The summed E-state index contributed by atoms with van der Waals surface area (Å²) in [6, 6.07) is -1.89. The molecule has 0 spiro atoms. The highest BCUT2D eigenvalue weighted by molar-refractivity contribution is 7.86. The summed E-state index contributed by atoms with van der Waals surface area (Å²) < 4.78 is 29.8. The zero-order valence-corrected chi connectivity index (χ0v) is 7.77. The molecule has 0 radical (unpaired) electrons. The summed E-state index contributed by atoms with van der Waals surface area (Å²) in [4.78, 5) is 20.7. The van der Waals surface area contributed by atoms with Crippen LogP contribution < -0.4 is 11.5 Å². The van der Waals surface area contributed by atoms with E-state index in [1.807, 2.05) is 0 Å². The molecule has 0 rings (SSSR count). The number of primary amides is 1. The van der Waals surface area contributed by atoms with Crippen molar-refractivity contribution in [1.29, 1.82) is 0 Å². The predicted octanol–water partition coefficient (Wildman–Crippen LogP) is -2.47. The van der Waals surface area contributed by atoms with Crippen molar-refractivity contribution in [2.24, 2.45) is 11.5 Å². The number of carbonyl (C=O) groups excluding carboxylic acids is 1. The quantitative estimate of drug-likeness (QED) is 0.377. The van der Waals surface area contributed by atoms with Crippen LogP contribution in [0.1, 0.15) is 6.42 Å². The second kappa shape index (κ2) is 4.35. The molecule has 0 fully saturated rings. The number of carboxylic acid groups (broad SMARTS) is 1. The molecule has 0 saturated heterocycles. The molecule has 0 saturated carbocycles. The topological polar surface area (TPSA) is 161 Å². The molecule has 2 atom stereocenters. The molecule has 0 aliphatic rings. The van der Waals surface area contributed by atoms with Crippen LogP contribution in [0.2, 0.25) is 0 Å². The number of carbonyl (C=O) groups is 2. The highest BCUT2D eigenvalue weighted by atomic mass is 32.2. The van der Waals surface area contributed by atoms with E-state index in [9.17, 15) is 18.0 Å². The van der Waals surface area contributed by atoms with Gasteiger partial charge in [0.15, 0.2) is 0 Å². The van der Waals surface area contributed by atoms with Gasteiger partial charge in [-0.1, -0.05) is 0 Å². The van der Waals surface area contributed by atoms with Gasteiger partial charge in [-0.3, -0.25) is 14.1 Å². The summed E-state index contributed by atoms with van der Waals surface area (Å²) in [5.74, 6) is -2.71. The Morgan fingerprint density at radius 3 is 2.00 bits per heavy atom. The summed E-state index contributed by atoms with van der Waals surface area (Å²) >= 11 is 0. The first-order chi connectivity index (χ1) is 6.16. The minimum atomic E-state index is -4.71. The molecular weight excluding hydrogens is 216 g/mol. The van der Waals surface area contributed by atoms with E-state index in [1.165, 1.54) is 0 Å². The van der Waals surface area contributed by atoms with Crippen LogP contribution in [0.4, 0.5) is 0 Å². The van der Waals surface area contributed by atoms with Crippen molar-refractivity contribution in [2.45, 2.75) is 17.7 Å². The fraction of sp³-hybridized carbons (Fsp3) is 0.600.